The Morgan fingerprint density at radius 3 is 1.30 bits per heavy atom. The molecule has 0 aliphatic heterocycles. The molecule has 0 spiro atoms. The summed E-state index contributed by atoms with van der Waals surface area (Å²) in [6, 6.07) is -1.23. The van der Waals surface area contributed by atoms with E-state index in [0.717, 1.165) is 12.8 Å². The molecule has 33 heavy (non-hydrogen) atoms. The molecule has 0 aromatic heterocycles. The molecule has 1 fully saturated rings. The molecule has 2 amide bonds. The molecule has 0 saturated heterocycles. The Bertz CT molecular complexity index is 639. The van der Waals surface area contributed by atoms with E-state index in [-0.39, 0.29) is 5.91 Å². The summed E-state index contributed by atoms with van der Waals surface area (Å²) >= 11 is 0. The van der Waals surface area contributed by atoms with Crippen LogP contribution in [-0.4, -0.2) is 50.2 Å². The van der Waals surface area contributed by atoms with E-state index < -0.39 is 45.4 Å². The molecule has 0 aromatic carbocycles. The van der Waals surface area contributed by atoms with Gasteiger partial charge in [0.2, 0.25) is 11.8 Å². The molecule has 1 saturated carbocycles. The zero-order valence-corrected chi connectivity index (χ0v) is 23.0. The number of aliphatic hydroxyl groups is 2. The van der Waals surface area contributed by atoms with E-state index in [1.165, 1.54) is 0 Å². The first-order chi connectivity index (χ1) is 14.9. The predicted octanol–water partition coefficient (Wildman–Crippen LogP) is 4.79. The molecule has 0 heterocycles. The lowest BCUT2D eigenvalue weighted by molar-refractivity contribution is -0.192. The first-order valence-corrected chi connectivity index (χ1v) is 13.0. The Hall–Kier alpha value is -1.14. The predicted molar refractivity (Wildman–Crippen MR) is 134 cm³/mol. The fraction of sp³-hybridized carbons (Fsp3) is 0.926. The van der Waals surface area contributed by atoms with E-state index in [1.807, 2.05) is 69.2 Å². The van der Waals surface area contributed by atoms with Crippen LogP contribution < -0.4 is 5.73 Å². The van der Waals surface area contributed by atoms with Gasteiger partial charge in [-0.1, -0.05) is 82.1 Å². The molecule has 1 rings (SSSR count). The minimum Gasteiger partial charge on any atom is -0.388 e. The van der Waals surface area contributed by atoms with Gasteiger partial charge in [-0.2, -0.15) is 0 Å². The molecule has 1 aliphatic carbocycles. The highest BCUT2D eigenvalue weighted by Crippen LogP contribution is 2.49. The lowest BCUT2D eigenvalue weighted by Gasteiger charge is -2.59. The van der Waals surface area contributed by atoms with Gasteiger partial charge in [0.1, 0.15) is 5.41 Å². The molecule has 1 aliphatic rings. The molecule has 4 N–H and O–H groups in total. The van der Waals surface area contributed by atoms with Crippen molar-refractivity contribution in [3.05, 3.63) is 0 Å². The molecule has 6 nitrogen and oxygen atoms in total. The maximum absolute atomic E-state index is 14.6. The van der Waals surface area contributed by atoms with Crippen molar-refractivity contribution in [1.82, 2.24) is 4.90 Å². The smallest absolute Gasteiger partial charge is 0.238 e. The Morgan fingerprint density at radius 1 is 0.788 bits per heavy atom. The largest absolute Gasteiger partial charge is 0.388 e. The zero-order chi connectivity index (χ0) is 26.0. The minimum absolute atomic E-state index is 0.326. The number of hydrogen-bond donors (Lipinski definition) is 3. The first kappa shape index (κ1) is 29.9. The van der Waals surface area contributed by atoms with Gasteiger partial charge in [-0.3, -0.25) is 9.59 Å². The first-order valence-electron chi connectivity index (χ1n) is 13.0. The van der Waals surface area contributed by atoms with Crippen LogP contribution in [0.2, 0.25) is 0 Å². The summed E-state index contributed by atoms with van der Waals surface area (Å²) in [7, 11) is 0. The van der Waals surface area contributed by atoms with Crippen molar-refractivity contribution < 1.29 is 19.8 Å². The summed E-state index contributed by atoms with van der Waals surface area (Å²) in [5.74, 6) is -0.920. The van der Waals surface area contributed by atoms with Crippen LogP contribution >= 0.6 is 0 Å². The number of carbonyl (C=O) groups excluding carboxylic acids is 2. The Labute approximate surface area is 202 Å². The van der Waals surface area contributed by atoms with Crippen molar-refractivity contribution in [3.8, 4) is 0 Å². The lowest BCUT2D eigenvalue weighted by atomic mass is 9.66. The number of rotatable bonds is 10. The lowest BCUT2D eigenvalue weighted by Crippen LogP contribution is -2.72. The summed E-state index contributed by atoms with van der Waals surface area (Å²) < 4.78 is 0. The van der Waals surface area contributed by atoms with Crippen LogP contribution in [0.4, 0.5) is 0 Å². The Kier molecular flexibility index (Phi) is 9.27. The normalized spacial score (nSPS) is 19.3. The van der Waals surface area contributed by atoms with E-state index in [1.54, 1.807) is 4.90 Å². The van der Waals surface area contributed by atoms with Crippen LogP contribution in [-0.2, 0) is 9.59 Å². The van der Waals surface area contributed by atoms with E-state index >= 15 is 0 Å². The van der Waals surface area contributed by atoms with Crippen molar-refractivity contribution in [2.45, 2.75) is 144 Å². The van der Waals surface area contributed by atoms with Crippen molar-refractivity contribution in [2.75, 3.05) is 0 Å². The van der Waals surface area contributed by atoms with Crippen LogP contribution in [0.25, 0.3) is 0 Å². The number of primary amides is 1. The maximum Gasteiger partial charge on any atom is 0.238 e. The third-order valence-corrected chi connectivity index (χ3v) is 8.24. The van der Waals surface area contributed by atoms with Crippen molar-refractivity contribution in [2.24, 2.45) is 22.0 Å². The van der Waals surface area contributed by atoms with Crippen LogP contribution in [0, 0.1) is 16.2 Å². The van der Waals surface area contributed by atoms with Gasteiger partial charge < -0.3 is 20.8 Å². The van der Waals surface area contributed by atoms with E-state index in [4.69, 9.17) is 5.73 Å². The maximum atomic E-state index is 14.6. The molecule has 0 unspecified atom stereocenters. The van der Waals surface area contributed by atoms with Gasteiger partial charge in [0, 0.05) is 0 Å². The van der Waals surface area contributed by atoms with Crippen LogP contribution in [0.1, 0.15) is 121 Å². The van der Waals surface area contributed by atoms with Gasteiger partial charge >= 0.3 is 0 Å². The monoisotopic (exact) mass is 468 g/mol. The number of amides is 2. The molecular formula is C27H52N2O4. The van der Waals surface area contributed by atoms with Crippen LogP contribution in [0.5, 0.6) is 0 Å². The third kappa shape index (κ3) is 5.58. The highest BCUT2D eigenvalue weighted by atomic mass is 16.3. The van der Waals surface area contributed by atoms with Crippen molar-refractivity contribution >= 4 is 11.8 Å². The second kappa shape index (κ2) is 10.2. The molecule has 194 valence electrons. The fourth-order valence-corrected chi connectivity index (χ4v) is 6.41. The highest BCUT2D eigenvalue weighted by Gasteiger charge is 2.60. The SMILES string of the molecule is CCC(O)(CC)[C@H](N(C(=O)C1(C(N)=O)CCCC1)[C@H](C(C)(C)C)C(O)(CC)CC)C(C)(C)C. The summed E-state index contributed by atoms with van der Waals surface area (Å²) in [5, 5.41) is 23.9. The van der Waals surface area contributed by atoms with E-state index in [0.29, 0.717) is 38.5 Å². The average molecular weight is 469 g/mol. The minimum atomic E-state index is -1.29. The van der Waals surface area contributed by atoms with Gasteiger partial charge in [0.05, 0.1) is 23.3 Å². The summed E-state index contributed by atoms with van der Waals surface area (Å²) in [4.78, 5) is 29.2. The molecular weight excluding hydrogens is 416 g/mol. The van der Waals surface area contributed by atoms with Crippen molar-refractivity contribution in [1.29, 1.82) is 0 Å². The molecule has 6 heteroatoms. The highest BCUT2D eigenvalue weighted by molar-refractivity contribution is 6.05. The topological polar surface area (TPSA) is 104 Å². The van der Waals surface area contributed by atoms with E-state index in [2.05, 4.69) is 0 Å². The number of hydrogen-bond acceptors (Lipinski definition) is 4. The van der Waals surface area contributed by atoms with Gasteiger partial charge in [-0.15, -0.1) is 0 Å². The number of nitrogens with zero attached hydrogens (tertiary/aromatic N) is 1. The van der Waals surface area contributed by atoms with Gasteiger partial charge in [-0.05, 0) is 49.4 Å². The van der Waals surface area contributed by atoms with Crippen LogP contribution in [0.3, 0.4) is 0 Å². The third-order valence-electron chi connectivity index (χ3n) is 8.24. The van der Waals surface area contributed by atoms with E-state index in [9.17, 15) is 19.8 Å². The molecule has 2 atom stereocenters. The zero-order valence-electron chi connectivity index (χ0n) is 23.0. The second-order valence-electron chi connectivity index (χ2n) is 12.5. The Balaban J connectivity index is 4.08. The molecule has 0 bridgehead atoms. The quantitative estimate of drug-likeness (QED) is 0.401. The molecule has 0 radical (unpaired) electrons. The van der Waals surface area contributed by atoms with Gasteiger partial charge in [0.25, 0.3) is 0 Å². The summed E-state index contributed by atoms with van der Waals surface area (Å²) in [6.45, 7) is 19.9. The second-order valence-corrected chi connectivity index (χ2v) is 12.5. The van der Waals surface area contributed by atoms with Gasteiger partial charge in [-0.25, -0.2) is 0 Å². The van der Waals surface area contributed by atoms with Crippen molar-refractivity contribution in [3.63, 3.8) is 0 Å². The average Bonchev–Trinajstić information content (AvgIpc) is 3.21. The fourth-order valence-electron chi connectivity index (χ4n) is 6.41. The number of nitrogens with two attached hydrogens (primary N) is 1. The summed E-state index contributed by atoms with van der Waals surface area (Å²) in [6.07, 6.45) is 4.16. The van der Waals surface area contributed by atoms with Crippen LogP contribution in [0.15, 0.2) is 0 Å². The number of carbonyl (C=O) groups is 2. The Morgan fingerprint density at radius 2 is 1.09 bits per heavy atom. The standard InChI is InChI=1S/C27H52N2O4/c1-11-26(32,12-2)19(23(5,6)7)29(20(24(8,9)10)27(33,13-3)14-4)22(31)25(21(28)30)17-15-16-18-25/h19-20,32-33H,11-18H2,1-10H3,(H2,28,30)/t19-,20-/m1/s1. The van der Waals surface area contributed by atoms with Gasteiger partial charge in [0.15, 0.2) is 0 Å². The molecule has 0 aromatic rings. The summed E-state index contributed by atoms with van der Waals surface area (Å²) in [5.41, 5.74) is 1.24.